The van der Waals surface area contributed by atoms with Crippen LogP contribution >= 0.6 is 0 Å². The predicted molar refractivity (Wildman–Crippen MR) is 105 cm³/mol. The molecule has 1 amide bonds. The average molecular weight is 369 g/mol. The molecule has 2 aromatic rings. The summed E-state index contributed by atoms with van der Waals surface area (Å²) < 4.78 is 10.3. The van der Waals surface area contributed by atoms with Gasteiger partial charge in [0, 0.05) is 12.8 Å². The van der Waals surface area contributed by atoms with Crippen LogP contribution in [0.25, 0.3) is 0 Å². The summed E-state index contributed by atoms with van der Waals surface area (Å²) in [6.45, 7) is 0.920. The molecule has 0 spiro atoms. The quantitative estimate of drug-likeness (QED) is 0.734. The molecule has 1 aliphatic rings. The average Bonchev–Trinajstić information content (AvgIpc) is 3.04. The van der Waals surface area contributed by atoms with Crippen molar-refractivity contribution in [1.29, 1.82) is 0 Å². The molecule has 5 nitrogen and oxygen atoms in total. The Labute approximate surface area is 160 Å². The van der Waals surface area contributed by atoms with Gasteiger partial charge in [-0.2, -0.15) is 0 Å². The molecular weight excluding hydrogens is 342 g/mol. The summed E-state index contributed by atoms with van der Waals surface area (Å²) in [7, 11) is 1.60. The number of ether oxygens (including phenoxy) is 2. The molecule has 1 unspecified atom stereocenters. The van der Waals surface area contributed by atoms with Crippen molar-refractivity contribution in [3.8, 4) is 0 Å². The van der Waals surface area contributed by atoms with Gasteiger partial charge in [0.05, 0.1) is 19.3 Å². The largest absolute Gasteiger partial charge is 0.441 e. The van der Waals surface area contributed by atoms with E-state index in [0.29, 0.717) is 19.6 Å². The molecule has 1 fully saturated rings. The maximum absolute atomic E-state index is 12.0. The fourth-order valence-electron chi connectivity index (χ4n) is 3.38. The molecule has 0 saturated carbocycles. The zero-order chi connectivity index (χ0) is 19.1. The van der Waals surface area contributed by atoms with Gasteiger partial charge in [-0.25, -0.2) is 4.79 Å². The molecule has 1 aliphatic heterocycles. The highest BCUT2D eigenvalue weighted by molar-refractivity contribution is 5.89. The first-order chi connectivity index (χ1) is 13.2. The second-order valence-electron chi connectivity index (χ2n) is 6.97. The Morgan fingerprint density at radius 2 is 1.89 bits per heavy atom. The van der Waals surface area contributed by atoms with Crippen LogP contribution in [-0.4, -0.2) is 43.7 Å². The Morgan fingerprint density at radius 3 is 2.59 bits per heavy atom. The first-order valence-corrected chi connectivity index (χ1v) is 9.43. The number of amides is 1. The van der Waals surface area contributed by atoms with Gasteiger partial charge < -0.3 is 14.6 Å². The Hall–Kier alpha value is -2.37. The molecule has 1 heterocycles. The van der Waals surface area contributed by atoms with Crippen molar-refractivity contribution in [2.24, 2.45) is 0 Å². The van der Waals surface area contributed by atoms with Gasteiger partial charge in [-0.1, -0.05) is 42.5 Å². The third-order valence-corrected chi connectivity index (χ3v) is 4.79. The van der Waals surface area contributed by atoms with E-state index in [0.717, 1.165) is 24.9 Å². The molecule has 2 atom stereocenters. The molecular formula is C22H27NO4. The van der Waals surface area contributed by atoms with Crippen LogP contribution in [-0.2, 0) is 22.3 Å². The van der Waals surface area contributed by atoms with Crippen LogP contribution in [0.5, 0.6) is 0 Å². The summed E-state index contributed by atoms with van der Waals surface area (Å²) in [6.07, 6.45) is 2.44. The molecule has 27 heavy (non-hydrogen) atoms. The maximum Gasteiger partial charge on any atom is 0.414 e. The van der Waals surface area contributed by atoms with E-state index in [-0.39, 0.29) is 18.3 Å². The van der Waals surface area contributed by atoms with E-state index in [9.17, 15) is 9.90 Å². The highest BCUT2D eigenvalue weighted by Crippen LogP contribution is 2.23. The summed E-state index contributed by atoms with van der Waals surface area (Å²) >= 11 is 0. The SMILES string of the molecule is COC[C@H]1CN(c2ccc(CCCC(O)Cc3ccccc3)cc2)C(=O)O1. The second-order valence-corrected chi connectivity index (χ2v) is 6.97. The number of aliphatic hydroxyl groups is 1. The number of carbonyl (C=O) groups is 1. The Bertz CT molecular complexity index is 717. The first-order valence-electron chi connectivity index (χ1n) is 9.43. The highest BCUT2D eigenvalue weighted by atomic mass is 16.6. The van der Waals surface area contributed by atoms with Gasteiger partial charge in [0.1, 0.15) is 6.10 Å². The highest BCUT2D eigenvalue weighted by Gasteiger charge is 2.32. The number of aliphatic hydroxyl groups excluding tert-OH is 1. The van der Waals surface area contributed by atoms with E-state index < -0.39 is 0 Å². The summed E-state index contributed by atoms with van der Waals surface area (Å²) in [5.41, 5.74) is 3.21. The molecule has 1 saturated heterocycles. The number of benzene rings is 2. The van der Waals surface area contributed by atoms with Gasteiger partial charge in [0.2, 0.25) is 0 Å². The number of methoxy groups -OCH3 is 1. The molecule has 0 aliphatic carbocycles. The van der Waals surface area contributed by atoms with Gasteiger partial charge in [0.15, 0.2) is 0 Å². The van der Waals surface area contributed by atoms with Crippen molar-refractivity contribution in [3.05, 3.63) is 65.7 Å². The van der Waals surface area contributed by atoms with Gasteiger partial charge in [0.25, 0.3) is 0 Å². The number of hydrogen-bond acceptors (Lipinski definition) is 4. The molecule has 0 bridgehead atoms. The third-order valence-electron chi connectivity index (χ3n) is 4.79. The van der Waals surface area contributed by atoms with Crippen molar-refractivity contribution < 1.29 is 19.4 Å². The van der Waals surface area contributed by atoms with Crippen molar-refractivity contribution in [2.45, 2.75) is 37.9 Å². The molecule has 3 rings (SSSR count). The lowest BCUT2D eigenvalue weighted by Crippen LogP contribution is -2.25. The first kappa shape index (κ1) is 19.4. The van der Waals surface area contributed by atoms with Crippen LogP contribution in [0, 0.1) is 0 Å². The van der Waals surface area contributed by atoms with Crippen molar-refractivity contribution in [3.63, 3.8) is 0 Å². The van der Waals surface area contributed by atoms with E-state index >= 15 is 0 Å². The fourth-order valence-corrected chi connectivity index (χ4v) is 3.38. The second kappa shape index (κ2) is 9.53. The minimum absolute atomic E-state index is 0.215. The number of anilines is 1. The molecule has 144 valence electrons. The lowest BCUT2D eigenvalue weighted by Gasteiger charge is -2.14. The number of aryl methyl sites for hydroxylation is 1. The maximum atomic E-state index is 12.0. The standard InChI is InChI=1S/C22H27NO4/c1-26-16-21-15-23(22(25)27-21)19-12-10-17(11-13-19)8-5-9-20(24)14-18-6-3-2-4-7-18/h2-4,6-7,10-13,20-21,24H,5,8-9,14-16H2,1H3/t20?,21-/m1/s1. The van der Waals surface area contributed by atoms with Crippen molar-refractivity contribution in [2.75, 3.05) is 25.2 Å². The van der Waals surface area contributed by atoms with Gasteiger partial charge >= 0.3 is 6.09 Å². The monoisotopic (exact) mass is 369 g/mol. The Balaban J connectivity index is 1.45. The summed E-state index contributed by atoms with van der Waals surface area (Å²) in [6, 6.07) is 18.0. The van der Waals surface area contributed by atoms with Crippen LogP contribution in [0.15, 0.2) is 54.6 Å². The van der Waals surface area contributed by atoms with Crippen LogP contribution in [0.3, 0.4) is 0 Å². The van der Waals surface area contributed by atoms with E-state index in [1.807, 2.05) is 54.6 Å². The zero-order valence-corrected chi connectivity index (χ0v) is 15.7. The van der Waals surface area contributed by atoms with Crippen LogP contribution < -0.4 is 4.90 Å². The lowest BCUT2D eigenvalue weighted by molar-refractivity contribution is 0.0718. The molecule has 0 aromatic heterocycles. The Kier molecular flexibility index (Phi) is 6.85. The van der Waals surface area contributed by atoms with E-state index in [2.05, 4.69) is 0 Å². The lowest BCUT2D eigenvalue weighted by atomic mass is 10.0. The molecule has 1 N–H and O–H groups in total. The number of rotatable bonds is 9. The van der Waals surface area contributed by atoms with Crippen molar-refractivity contribution in [1.82, 2.24) is 0 Å². The summed E-state index contributed by atoms with van der Waals surface area (Å²) in [5.74, 6) is 0. The topological polar surface area (TPSA) is 59.0 Å². The number of carbonyl (C=O) groups excluding carboxylic acids is 1. The zero-order valence-electron chi connectivity index (χ0n) is 15.7. The fraction of sp³-hybridized carbons (Fsp3) is 0.409. The van der Waals surface area contributed by atoms with Gasteiger partial charge in [-0.3, -0.25) is 4.90 Å². The van der Waals surface area contributed by atoms with Crippen molar-refractivity contribution >= 4 is 11.8 Å². The smallest absolute Gasteiger partial charge is 0.414 e. The van der Waals surface area contributed by atoms with Crippen LogP contribution in [0.1, 0.15) is 24.0 Å². The van der Waals surface area contributed by atoms with Gasteiger partial charge in [-0.05, 0) is 48.9 Å². The number of nitrogens with zero attached hydrogens (tertiary/aromatic N) is 1. The van der Waals surface area contributed by atoms with Gasteiger partial charge in [-0.15, -0.1) is 0 Å². The normalized spacial score (nSPS) is 17.8. The third kappa shape index (κ3) is 5.55. The molecule has 0 radical (unpaired) electrons. The van der Waals surface area contributed by atoms with Crippen LogP contribution in [0.2, 0.25) is 0 Å². The Morgan fingerprint density at radius 1 is 1.15 bits per heavy atom. The van der Waals surface area contributed by atoms with E-state index in [1.54, 1.807) is 12.0 Å². The van der Waals surface area contributed by atoms with E-state index in [1.165, 1.54) is 11.1 Å². The number of hydrogen-bond donors (Lipinski definition) is 1. The number of cyclic esters (lactones) is 1. The van der Waals surface area contributed by atoms with Crippen LogP contribution in [0.4, 0.5) is 10.5 Å². The summed E-state index contributed by atoms with van der Waals surface area (Å²) in [4.78, 5) is 13.6. The summed E-state index contributed by atoms with van der Waals surface area (Å²) in [5, 5.41) is 10.2. The predicted octanol–water partition coefficient (Wildman–Crippen LogP) is 3.58. The minimum Gasteiger partial charge on any atom is -0.441 e. The molecule has 2 aromatic carbocycles. The van der Waals surface area contributed by atoms with E-state index in [4.69, 9.17) is 9.47 Å². The minimum atomic E-state index is -0.325. The molecule has 5 heteroatoms.